The number of carboxylic acid groups (broad SMARTS) is 1. The van der Waals surface area contributed by atoms with Crippen molar-refractivity contribution in [2.75, 3.05) is 26.3 Å². The molecule has 4 rings (SSSR count). The summed E-state index contributed by atoms with van der Waals surface area (Å²) in [6, 6.07) is 6.91. The molecule has 1 saturated carbocycles. The summed E-state index contributed by atoms with van der Waals surface area (Å²) in [5.74, 6) is -0.817. The van der Waals surface area contributed by atoms with Crippen molar-refractivity contribution in [2.24, 2.45) is 0 Å². The van der Waals surface area contributed by atoms with Gasteiger partial charge in [0.05, 0.1) is 11.1 Å². The fourth-order valence-corrected chi connectivity index (χ4v) is 4.42. The normalized spacial score (nSPS) is 24.2. The molecule has 0 aromatic heterocycles. The third kappa shape index (κ3) is 3.01. The molecule has 6 nitrogen and oxygen atoms in total. The molecular formula is C20H26N2O4. The van der Waals surface area contributed by atoms with E-state index in [0.717, 1.165) is 57.2 Å². The smallest absolute Gasteiger partial charge is 0.335 e. The van der Waals surface area contributed by atoms with Crippen LogP contribution < -0.4 is 5.32 Å². The fourth-order valence-electron chi connectivity index (χ4n) is 4.42. The number of hydrogen-bond donors (Lipinski definition) is 2. The second kappa shape index (κ2) is 6.67. The second-order valence-electron chi connectivity index (χ2n) is 7.76. The number of amides is 1. The topological polar surface area (TPSA) is 78.9 Å². The standard InChI is InChI=1S/C20H26N2O4/c23-17(24)15-3-5-16(6-4-15)19(7-8-19)21-18(25)20(9-13-26-14-10-20)22-11-1-2-12-22/h3-6H,1-2,7-14H2,(H,21,25)(H,23,24). The first-order valence-electron chi connectivity index (χ1n) is 9.55. The molecule has 1 amide bonds. The van der Waals surface area contributed by atoms with E-state index in [1.165, 1.54) is 0 Å². The van der Waals surface area contributed by atoms with Gasteiger partial charge in [-0.2, -0.15) is 0 Å². The van der Waals surface area contributed by atoms with E-state index in [0.29, 0.717) is 13.2 Å². The molecule has 140 valence electrons. The van der Waals surface area contributed by atoms with Crippen LogP contribution in [0.15, 0.2) is 24.3 Å². The van der Waals surface area contributed by atoms with Gasteiger partial charge in [-0.15, -0.1) is 0 Å². The highest BCUT2D eigenvalue weighted by Crippen LogP contribution is 2.46. The minimum Gasteiger partial charge on any atom is -0.478 e. The van der Waals surface area contributed by atoms with Crippen LogP contribution in [0.3, 0.4) is 0 Å². The Bertz CT molecular complexity index is 684. The maximum atomic E-state index is 13.4. The molecule has 3 fully saturated rings. The molecule has 6 heteroatoms. The molecule has 0 atom stereocenters. The molecule has 1 aliphatic carbocycles. The van der Waals surface area contributed by atoms with Crippen molar-refractivity contribution >= 4 is 11.9 Å². The van der Waals surface area contributed by atoms with E-state index < -0.39 is 11.5 Å². The molecular weight excluding hydrogens is 332 g/mol. The summed E-state index contributed by atoms with van der Waals surface area (Å²) in [5.41, 5.74) is 0.484. The molecule has 0 radical (unpaired) electrons. The van der Waals surface area contributed by atoms with E-state index in [9.17, 15) is 9.59 Å². The Morgan fingerprint density at radius 3 is 2.15 bits per heavy atom. The van der Waals surface area contributed by atoms with Gasteiger partial charge in [-0.1, -0.05) is 12.1 Å². The molecule has 1 aromatic rings. The zero-order valence-electron chi connectivity index (χ0n) is 15.0. The Balaban J connectivity index is 1.54. The van der Waals surface area contributed by atoms with Gasteiger partial charge in [0.25, 0.3) is 0 Å². The molecule has 2 heterocycles. The SMILES string of the molecule is O=C(O)c1ccc(C2(NC(=O)C3(N4CCCC4)CCOCC3)CC2)cc1. The monoisotopic (exact) mass is 358 g/mol. The number of aromatic carboxylic acids is 1. The van der Waals surface area contributed by atoms with Crippen LogP contribution in [0, 0.1) is 0 Å². The predicted molar refractivity (Wildman–Crippen MR) is 96.0 cm³/mol. The van der Waals surface area contributed by atoms with Gasteiger partial charge in [0.1, 0.15) is 5.54 Å². The summed E-state index contributed by atoms with van der Waals surface area (Å²) < 4.78 is 5.54. The number of nitrogens with one attached hydrogen (secondary N) is 1. The molecule has 26 heavy (non-hydrogen) atoms. The third-order valence-corrected chi connectivity index (χ3v) is 6.24. The lowest BCUT2D eigenvalue weighted by Gasteiger charge is -2.43. The minimum atomic E-state index is -0.930. The molecule has 0 bridgehead atoms. The van der Waals surface area contributed by atoms with E-state index in [1.54, 1.807) is 12.1 Å². The molecule has 2 aliphatic heterocycles. The van der Waals surface area contributed by atoms with Crippen molar-refractivity contribution in [3.05, 3.63) is 35.4 Å². The average Bonchev–Trinajstić information content (AvgIpc) is 3.23. The summed E-state index contributed by atoms with van der Waals surface area (Å²) in [5, 5.41) is 12.4. The van der Waals surface area contributed by atoms with Crippen LogP contribution in [0.4, 0.5) is 0 Å². The maximum Gasteiger partial charge on any atom is 0.335 e. The Labute approximate surface area is 153 Å². The summed E-state index contributed by atoms with van der Waals surface area (Å²) >= 11 is 0. The van der Waals surface area contributed by atoms with Crippen molar-refractivity contribution in [1.82, 2.24) is 10.2 Å². The first kappa shape index (κ1) is 17.5. The predicted octanol–water partition coefficient (Wildman–Crippen LogP) is 2.14. The van der Waals surface area contributed by atoms with E-state index in [2.05, 4.69) is 10.2 Å². The van der Waals surface area contributed by atoms with Crippen LogP contribution in [0.1, 0.15) is 54.4 Å². The molecule has 2 N–H and O–H groups in total. The van der Waals surface area contributed by atoms with Crippen molar-refractivity contribution in [3.63, 3.8) is 0 Å². The summed E-state index contributed by atoms with van der Waals surface area (Å²) in [4.78, 5) is 26.8. The number of likely N-dealkylation sites (tertiary alicyclic amines) is 1. The lowest BCUT2D eigenvalue weighted by molar-refractivity contribution is -0.140. The highest BCUT2D eigenvalue weighted by Gasteiger charge is 2.52. The molecule has 1 aromatic carbocycles. The Kier molecular flexibility index (Phi) is 4.49. The highest BCUT2D eigenvalue weighted by molar-refractivity contribution is 5.88. The number of ether oxygens (including phenoxy) is 1. The van der Waals surface area contributed by atoms with Crippen molar-refractivity contribution < 1.29 is 19.4 Å². The molecule has 3 aliphatic rings. The van der Waals surface area contributed by atoms with Gasteiger partial charge in [0.2, 0.25) is 5.91 Å². The van der Waals surface area contributed by atoms with Crippen molar-refractivity contribution in [3.8, 4) is 0 Å². The number of carboxylic acids is 1. The molecule has 2 saturated heterocycles. The summed E-state index contributed by atoms with van der Waals surface area (Å²) in [6.45, 7) is 3.22. The first-order valence-corrected chi connectivity index (χ1v) is 9.55. The first-order chi connectivity index (χ1) is 12.6. The number of rotatable bonds is 5. The maximum absolute atomic E-state index is 13.4. The van der Waals surface area contributed by atoms with Gasteiger partial charge < -0.3 is 15.2 Å². The van der Waals surface area contributed by atoms with Crippen LogP contribution >= 0.6 is 0 Å². The van der Waals surface area contributed by atoms with Gasteiger partial charge in [-0.25, -0.2) is 4.79 Å². The van der Waals surface area contributed by atoms with E-state index in [1.807, 2.05) is 12.1 Å². The number of carbonyl (C=O) groups excluding carboxylic acids is 1. The third-order valence-electron chi connectivity index (χ3n) is 6.24. The number of carbonyl (C=O) groups is 2. The minimum absolute atomic E-state index is 0.113. The van der Waals surface area contributed by atoms with Crippen LogP contribution in [-0.4, -0.2) is 53.7 Å². The van der Waals surface area contributed by atoms with Crippen molar-refractivity contribution in [2.45, 2.75) is 49.6 Å². The van der Waals surface area contributed by atoms with E-state index in [-0.39, 0.29) is 17.0 Å². The van der Waals surface area contributed by atoms with Crippen LogP contribution in [0.5, 0.6) is 0 Å². The van der Waals surface area contributed by atoms with Gasteiger partial charge in [-0.05, 0) is 69.3 Å². The molecule has 0 spiro atoms. The zero-order valence-corrected chi connectivity index (χ0v) is 15.0. The number of nitrogens with zero attached hydrogens (tertiary/aromatic N) is 1. The largest absolute Gasteiger partial charge is 0.478 e. The van der Waals surface area contributed by atoms with E-state index in [4.69, 9.17) is 9.84 Å². The second-order valence-corrected chi connectivity index (χ2v) is 7.76. The number of hydrogen-bond acceptors (Lipinski definition) is 4. The summed E-state index contributed by atoms with van der Waals surface area (Å²) in [6.07, 6.45) is 5.59. The van der Waals surface area contributed by atoms with Crippen LogP contribution in [0.25, 0.3) is 0 Å². The molecule has 0 unspecified atom stereocenters. The van der Waals surface area contributed by atoms with Gasteiger partial charge in [0.15, 0.2) is 0 Å². The highest BCUT2D eigenvalue weighted by atomic mass is 16.5. The van der Waals surface area contributed by atoms with Crippen molar-refractivity contribution in [1.29, 1.82) is 0 Å². The Morgan fingerprint density at radius 2 is 1.62 bits per heavy atom. The Morgan fingerprint density at radius 1 is 1.00 bits per heavy atom. The Hall–Kier alpha value is -1.92. The fraction of sp³-hybridized carbons (Fsp3) is 0.600. The van der Waals surface area contributed by atoms with E-state index >= 15 is 0 Å². The number of benzene rings is 1. The quantitative estimate of drug-likeness (QED) is 0.843. The van der Waals surface area contributed by atoms with Gasteiger partial charge >= 0.3 is 5.97 Å². The van der Waals surface area contributed by atoms with Gasteiger partial charge in [0, 0.05) is 13.2 Å². The summed E-state index contributed by atoms with van der Waals surface area (Å²) in [7, 11) is 0. The van der Waals surface area contributed by atoms with Crippen LogP contribution in [0.2, 0.25) is 0 Å². The zero-order chi connectivity index (χ0) is 18.2. The average molecular weight is 358 g/mol. The van der Waals surface area contributed by atoms with Gasteiger partial charge in [-0.3, -0.25) is 9.69 Å². The lowest BCUT2D eigenvalue weighted by atomic mass is 9.86. The lowest BCUT2D eigenvalue weighted by Crippen LogP contribution is -2.61. The van der Waals surface area contributed by atoms with Crippen LogP contribution in [-0.2, 0) is 15.1 Å².